The highest BCUT2D eigenvalue weighted by Crippen LogP contribution is 2.25. The second kappa shape index (κ2) is 8.32. The van der Waals surface area contributed by atoms with Crippen molar-refractivity contribution in [3.8, 4) is 0 Å². The van der Waals surface area contributed by atoms with E-state index in [4.69, 9.17) is 27.9 Å². The maximum Gasteiger partial charge on any atom is 0.315 e. The molecule has 112 valence electrons. The summed E-state index contributed by atoms with van der Waals surface area (Å²) in [5, 5.41) is 15.6. The molecule has 2 unspecified atom stereocenters. The molecular weight excluding hydrogens is 303 g/mol. The monoisotopic (exact) mass is 320 g/mol. The molecular formula is C13H18Cl2N2O3. The van der Waals surface area contributed by atoms with Gasteiger partial charge in [-0.1, -0.05) is 29.3 Å². The van der Waals surface area contributed by atoms with Crippen LogP contribution in [0.3, 0.4) is 0 Å². The summed E-state index contributed by atoms with van der Waals surface area (Å²) in [6, 6.07) is 4.56. The lowest BCUT2D eigenvalue weighted by Crippen LogP contribution is -2.41. The molecule has 0 aliphatic heterocycles. The number of aliphatic hydroxyl groups is 1. The topological polar surface area (TPSA) is 70.6 Å². The van der Waals surface area contributed by atoms with Crippen molar-refractivity contribution in [2.75, 3.05) is 20.3 Å². The second-order valence-electron chi connectivity index (χ2n) is 4.36. The summed E-state index contributed by atoms with van der Waals surface area (Å²) in [5.41, 5.74) is 0.840. The fraction of sp³-hybridized carbons (Fsp3) is 0.462. The highest BCUT2D eigenvalue weighted by atomic mass is 35.5. The van der Waals surface area contributed by atoms with Gasteiger partial charge in [0.15, 0.2) is 0 Å². The number of halogens is 2. The predicted molar refractivity (Wildman–Crippen MR) is 79.3 cm³/mol. The van der Waals surface area contributed by atoms with E-state index in [1.807, 2.05) is 6.92 Å². The summed E-state index contributed by atoms with van der Waals surface area (Å²) >= 11 is 11.8. The summed E-state index contributed by atoms with van der Waals surface area (Å²) in [6.07, 6.45) is -0.731. The van der Waals surface area contributed by atoms with E-state index in [9.17, 15) is 9.90 Å². The van der Waals surface area contributed by atoms with E-state index in [1.165, 1.54) is 7.11 Å². The highest BCUT2D eigenvalue weighted by molar-refractivity contribution is 6.42. The highest BCUT2D eigenvalue weighted by Gasteiger charge is 2.12. The number of hydrogen-bond acceptors (Lipinski definition) is 3. The van der Waals surface area contributed by atoms with E-state index < -0.39 is 6.10 Å². The third-order valence-corrected chi connectivity index (χ3v) is 3.39. The number of amides is 2. The number of carbonyl (C=O) groups excluding carboxylic acids is 1. The van der Waals surface area contributed by atoms with Gasteiger partial charge in [-0.2, -0.15) is 0 Å². The van der Waals surface area contributed by atoms with Crippen LogP contribution < -0.4 is 10.6 Å². The molecule has 0 aliphatic carbocycles. The fourth-order valence-electron chi connectivity index (χ4n) is 1.57. The number of rotatable bonds is 6. The molecule has 5 nitrogen and oxygen atoms in total. The number of methoxy groups -OCH3 is 1. The molecule has 0 radical (unpaired) electrons. The zero-order valence-electron chi connectivity index (χ0n) is 11.3. The van der Waals surface area contributed by atoms with Crippen LogP contribution in [0.25, 0.3) is 0 Å². The Morgan fingerprint density at radius 3 is 2.70 bits per heavy atom. The van der Waals surface area contributed by atoms with Gasteiger partial charge < -0.3 is 20.5 Å². The van der Waals surface area contributed by atoms with Crippen LogP contribution in [0.2, 0.25) is 10.0 Å². The van der Waals surface area contributed by atoms with Gasteiger partial charge in [0, 0.05) is 13.7 Å². The van der Waals surface area contributed by atoms with Crippen molar-refractivity contribution in [1.29, 1.82) is 0 Å². The van der Waals surface area contributed by atoms with Crippen molar-refractivity contribution in [2.45, 2.75) is 19.1 Å². The van der Waals surface area contributed by atoms with Gasteiger partial charge in [0.25, 0.3) is 0 Å². The number of ether oxygens (including phenoxy) is 1. The van der Waals surface area contributed by atoms with Crippen molar-refractivity contribution in [1.82, 2.24) is 10.6 Å². The Hall–Kier alpha value is -1.01. The van der Waals surface area contributed by atoms with Crippen LogP contribution in [0.15, 0.2) is 18.2 Å². The fourth-order valence-corrected chi connectivity index (χ4v) is 1.88. The van der Waals surface area contributed by atoms with Crippen molar-refractivity contribution >= 4 is 29.2 Å². The molecule has 0 aromatic heterocycles. The van der Waals surface area contributed by atoms with Crippen molar-refractivity contribution in [2.24, 2.45) is 0 Å². The summed E-state index contributed by atoms with van der Waals surface area (Å²) in [4.78, 5) is 11.7. The summed E-state index contributed by atoms with van der Waals surface area (Å²) in [7, 11) is 1.48. The Bertz CT molecular complexity index is 457. The minimum absolute atomic E-state index is 0.119. The Labute approximate surface area is 128 Å². The quantitative estimate of drug-likeness (QED) is 0.753. The molecule has 1 aromatic carbocycles. The van der Waals surface area contributed by atoms with Crippen molar-refractivity contribution in [3.63, 3.8) is 0 Å². The molecule has 20 heavy (non-hydrogen) atoms. The van der Waals surface area contributed by atoms with Gasteiger partial charge in [0.2, 0.25) is 0 Å². The molecule has 0 fully saturated rings. The number of aliphatic hydroxyl groups excluding tert-OH is 1. The Kier molecular flexibility index (Phi) is 7.09. The first kappa shape index (κ1) is 17.0. The van der Waals surface area contributed by atoms with Gasteiger partial charge in [0.1, 0.15) is 0 Å². The number of urea groups is 1. The Morgan fingerprint density at radius 2 is 2.10 bits per heavy atom. The molecule has 0 spiro atoms. The van der Waals surface area contributed by atoms with Crippen LogP contribution in [0.1, 0.15) is 18.5 Å². The minimum atomic E-state index is -0.731. The van der Waals surface area contributed by atoms with Crippen molar-refractivity contribution in [3.05, 3.63) is 33.8 Å². The number of hydrogen-bond donors (Lipinski definition) is 3. The SMILES string of the molecule is COCC(O)CNC(=O)NC(C)c1ccc(Cl)c(Cl)c1. The zero-order chi connectivity index (χ0) is 15.1. The first-order valence-electron chi connectivity index (χ1n) is 6.10. The van der Waals surface area contributed by atoms with Crippen LogP contribution in [0.5, 0.6) is 0 Å². The first-order chi connectivity index (χ1) is 9.43. The summed E-state index contributed by atoms with van der Waals surface area (Å²) < 4.78 is 4.76. The van der Waals surface area contributed by atoms with Gasteiger partial charge in [0.05, 0.1) is 28.8 Å². The lowest BCUT2D eigenvalue weighted by atomic mass is 10.1. The summed E-state index contributed by atoms with van der Waals surface area (Å²) in [5.74, 6) is 0. The van der Waals surface area contributed by atoms with Gasteiger partial charge in [-0.25, -0.2) is 4.79 Å². The predicted octanol–water partition coefficient (Wildman–Crippen LogP) is 2.36. The maximum absolute atomic E-state index is 11.7. The van der Waals surface area contributed by atoms with Crippen LogP contribution >= 0.6 is 23.2 Å². The molecule has 1 rings (SSSR count). The van der Waals surface area contributed by atoms with E-state index in [0.29, 0.717) is 10.0 Å². The average Bonchev–Trinajstić information content (AvgIpc) is 2.40. The average molecular weight is 321 g/mol. The first-order valence-corrected chi connectivity index (χ1v) is 6.86. The van der Waals surface area contributed by atoms with E-state index in [2.05, 4.69) is 10.6 Å². The minimum Gasteiger partial charge on any atom is -0.389 e. The van der Waals surface area contributed by atoms with Gasteiger partial charge in [-0.05, 0) is 24.6 Å². The maximum atomic E-state index is 11.7. The third-order valence-electron chi connectivity index (χ3n) is 2.65. The van der Waals surface area contributed by atoms with E-state index >= 15 is 0 Å². The number of benzene rings is 1. The second-order valence-corrected chi connectivity index (χ2v) is 5.17. The van der Waals surface area contributed by atoms with Crippen LogP contribution in [-0.2, 0) is 4.74 Å². The molecule has 1 aromatic rings. The van der Waals surface area contributed by atoms with Crippen molar-refractivity contribution < 1.29 is 14.6 Å². The van der Waals surface area contributed by atoms with Crippen LogP contribution in [0, 0.1) is 0 Å². The Balaban J connectivity index is 2.46. The van der Waals surface area contributed by atoms with Crippen LogP contribution in [0.4, 0.5) is 4.79 Å². The zero-order valence-corrected chi connectivity index (χ0v) is 12.8. The molecule has 3 N–H and O–H groups in total. The number of carbonyl (C=O) groups is 1. The van der Waals surface area contributed by atoms with Gasteiger partial charge in [-0.3, -0.25) is 0 Å². The molecule has 0 saturated carbocycles. The normalized spacial score (nSPS) is 13.7. The van der Waals surface area contributed by atoms with Crippen LogP contribution in [-0.4, -0.2) is 37.5 Å². The number of nitrogens with one attached hydrogen (secondary N) is 2. The third kappa shape index (κ3) is 5.54. The summed E-state index contributed by atoms with van der Waals surface area (Å²) in [6.45, 7) is 2.11. The lowest BCUT2D eigenvalue weighted by Gasteiger charge is -2.17. The standard InChI is InChI=1S/C13H18Cl2N2O3/c1-8(9-3-4-11(14)12(15)5-9)17-13(19)16-6-10(18)7-20-2/h3-5,8,10,18H,6-7H2,1-2H3,(H2,16,17,19). The molecule has 7 heteroatoms. The van der Waals surface area contributed by atoms with E-state index in [-0.39, 0.29) is 25.2 Å². The largest absolute Gasteiger partial charge is 0.389 e. The Morgan fingerprint density at radius 1 is 1.40 bits per heavy atom. The molecule has 0 saturated heterocycles. The molecule has 2 amide bonds. The lowest BCUT2D eigenvalue weighted by molar-refractivity contribution is 0.0659. The van der Waals surface area contributed by atoms with E-state index in [1.54, 1.807) is 18.2 Å². The molecule has 0 heterocycles. The smallest absolute Gasteiger partial charge is 0.315 e. The molecule has 0 bridgehead atoms. The molecule has 2 atom stereocenters. The van der Waals surface area contributed by atoms with E-state index in [0.717, 1.165) is 5.56 Å². The van der Waals surface area contributed by atoms with Gasteiger partial charge in [-0.15, -0.1) is 0 Å². The van der Waals surface area contributed by atoms with Gasteiger partial charge >= 0.3 is 6.03 Å². The molecule has 0 aliphatic rings.